The Morgan fingerprint density at radius 3 is 1.84 bits per heavy atom. The lowest BCUT2D eigenvalue weighted by molar-refractivity contribution is -0.163. The predicted octanol–water partition coefficient (Wildman–Crippen LogP) is 4.28. The molecule has 0 amide bonds. The van der Waals surface area contributed by atoms with Gasteiger partial charge in [-0.25, -0.2) is 0 Å². The Kier molecular flexibility index (Phi) is 12.4. The third-order valence-corrected chi connectivity index (χ3v) is 4.90. The van der Waals surface area contributed by atoms with Crippen molar-refractivity contribution in [3.8, 4) is 0 Å². The van der Waals surface area contributed by atoms with E-state index in [2.05, 4.69) is 6.92 Å². The van der Waals surface area contributed by atoms with E-state index < -0.39 is 0 Å². The van der Waals surface area contributed by atoms with Gasteiger partial charge in [-0.2, -0.15) is 0 Å². The number of rotatable bonds is 13. The highest BCUT2D eigenvalue weighted by atomic mass is 16.6. The van der Waals surface area contributed by atoms with Crippen molar-refractivity contribution in [2.24, 2.45) is 11.8 Å². The summed E-state index contributed by atoms with van der Waals surface area (Å²) in [6.45, 7) is 3.30. The van der Waals surface area contributed by atoms with E-state index in [-0.39, 0.29) is 30.4 Å². The number of ether oxygens (including phenoxy) is 3. The van der Waals surface area contributed by atoms with Gasteiger partial charge in [0.25, 0.3) is 0 Å². The highest BCUT2D eigenvalue weighted by molar-refractivity contribution is 5.82. The molecule has 0 N–H and O–H groups in total. The van der Waals surface area contributed by atoms with Crippen LogP contribution in [0.2, 0.25) is 0 Å². The van der Waals surface area contributed by atoms with Crippen molar-refractivity contribution >= 4 is 11.9 Å². The number of methoxy groups -OCH3 is 1. The van der Waals surface area contributed by atoms with Crippen LogP contribution in [0.15, 0.2) is 0 Å². The summed E-state index contributed by atoms with van der Waals surface area (Å²) in [5.74, 6) is -1.20. The number of unbranched alkanes of at least 4 members (excludes halogenated alkanes) is 6. The molecule has 0 heterocycles. The summed E-state index contributed by atoms with van der Waals surface area (Å²) in [6, 6.07) is 0. The summed E-state index contributed by atoms with van der Waals surface area (Å²) in [6.07, 6.45) is 11.7. The van der Waals surface area contributed by atoms with Gasteiger partial charge in [-0.15, -0.1) is 0 Å². The molecule has 1 aliphatic rings. The lowest BCUT2D eigenvalue weighted by atomic mass is 9.79. The van der Waals surface area contributed by atoms with Crippen LogP contribution in [0.5, 0.6) is 0 Å². The van der Waals surface area contributed by atoms with Crippen LogP contribution < -0.4 is 0 Å². The molecule has 5 nitrogen and oxygen atoms in total. The van der Waals surface area contributed by atoms with Crippen LogP contribution in [0, 0.1) is 11.8 Å². The zero-order chi connectivity index (χ0) is 18.3. The minimum atomic E-state index is -0.354. The van der Waals surface area contributed by atoms with Crippen LogP contribution >= 0.6 is 0 Å². The first kappa shape index (κ1) is 21.9. The lowest BCUT2D eigenvalue weighted by Crippen LogP contribution is -2.35. The van der Waals surface area contributed by atoms with Gasteiger partial charge >= 0.3 is 11.9 Å². The number of esters is 2. The van der Waals surface area contributed by atoms with Gasteiger partial charge in [-0.3, -0.25) is 9.59 Å². The molecular formula is C20H36O5. The molecule has 0 aromatic heterocycles. The van der Waals surface area contributed by atoms with Crippen LogP contribution in [0.1, 0.15) is 77.6 Å². The second-order valence-electron chi connectivity index (χ2n) is 6.95. The van der Waals surface area contributed by atoms with Crippen molar-refractivity contribution in [1.82, 2.24) is 0 Å². The zero-order valence-electron chi connectivity index (χ0n) is 16.1. The molecule has 25 heavy (non-hydrogen) atoms. The molecule has 0 radical (unpaired) electrons. The molecule has 0 spiro atoms. The van der Waals surface area contributed by atoms with Crippen molar-refractivity contribution in [2.45, 2.75) is 77.6 Å². The predicted molar refractivity (Wildman–Crippen MR) is 97.2 cm³/mol. The fourth-order valence-electron chi connectivity index (χ4n) is 3.37. The molecule has 2 unspecified atom stereocenters. The Bertz CT molecular complexity index is 369. The van der Waals surface area contributed by atoms with Crippen molar-refractivity contribution in [3.63, 3.8) is 0 Å². The number of carbonyl (C=O) groups excluding carboxylic acids is 2. The molecule has 0 aromatic carbocycles. The van der Waals surface area contributed by atoms with Gasteiger partial charge in [0.15, 0.2) is 0 Å². The Labute approximate surface area is 152 Å². The van der Waals surface area contributed by atoms with Crippen LogP contribution in [-0.2, 0) is 23.8 Å². The molecule has 1 rings (SSSR count). The Balaban J connectivity index is 2.25. The Morgan fingerprint density at radius 1 is 0.760 bits per heavy atom. The lowest BCUT2D eigenvalue weighted by Gasteiger charge is -2.28. The van der Waals surface area contributed by atoms with E-state index in [4.69, 9.17) is 14.2 Å². The van der Waals surface area contributed by atoms with Crippen LogP contribution in [-0.4, -0.2) is 38.9 Å². The van der Waals surface area contributed by atoms with Gasteiger partial charge in [0.05, 0.1) is 25.0 Å². The van der Waals surface area contributed by atoms with Gasteiger partial charge in [0.2, 0.25) is 0 Å². The van der Waals surface area contributed by atoms with Gasteiger partial charge in [0, 0.05) is 7.11 Å². The summed E-state index contributed by atoms with van der Waals surface area (Å²) in [5.41, 5.74) is 0. The molecule has 1 saturated carbocycles. The van der Waals surface area contributed by atoms with Gasteiger partial charge in [0.1, 0.15) is 6.61 Å². The van der Waals surface area contributed by atoms with E-state index in [1.807, 2.05) is 0 Å². The Morgan fingerprint density at radius 2 is 1.28 bits per heavy atom. The number of carbonyl (C=O) groups is 2. The molecule has 2 atom stereocenters. The molecule has 0 saturated heterocycles. The maximum Gasteiger partial charge on any atom is 0.309 e. The van der Waals surface area contributed by atoms with Gasteiger partial charge in [-0.05, 0) is 19.3 Å². The first-order valence-electron chi connectivity index (χ1n) is 10.0. The van der Waals surface area contributed by atoms with Crippen LogP contribution in [0.25, 0.3) is 0 Å². The minimum Gasteiger partial charge on any atom is -0.465 e. The van der Waals surface area contributed by atoms with E-state index in [0.29, 0.717) is 19.6 Å². The first-order valence-corrected chi connectivity index (χ1v) is 10.0. The SMILES string of the molecule is CCCCCCCCCOC(=O)C1CCCCC1C(=O)OCCOC. The maximum atomic E-state index is 12.4. The number of hydrogen-bond donors (Lipinski definition) is 0. The topological polar surface area (TPSA) is 61.8 Å². The fourth-order valence-corrected chi connectivity index (χ4v) is 3.37. The average molecular weight is 357 g/mol. The first-order chi connectivity index (χ1) is 12.2. The summed E-state index contributed by atoms with van der Waals surface area (Å²) < 4.78 is 15.6. The summed E-state index contributed by atoms with van der Waals surface area (Å²) in [4.78, 5) is 24.6. The molecule has 146 valence electrons. The molecule has 5 heteroatoms. The molecule has 1 fully saturated rings. The van der Waals surface area contributed by atoms with Crippen molar-refractivity contribution in [3.05, 3.63) is 0 Å². The van der Waals surface area contributed by atoms with E-state index >= 15 is 0 Å². The second kappa shape index (κ2) is 14.1. The van der Waals surface area contributed by atoms with E-state index in [9.17, 15) is 9.59 Å². The zero-order valence-corrected chi connectivity index (χ0v) is 16.1. The van der Waals surface area contributed by atoms with Crippen molar-refractivity contribution in [2.75, 3.05) is 26.9 Å². The monoisotopic (exact) mass is 356 g/mol. The molecule has 0 aliphatic heterocycles. The highest BCUT2D eigenvalue weighted by Gasteiger charge is 2.37. The summed E-state index contributed by atoms with van der Waals surface area (Å²) in [7, 11) is 1.57. The standard InChI is InChI=1S/C20H36O5/c1-3-4-5-6-7-8-11-14-24-19(21)17-12-9-10-13-18(17)20(22)25-16-15-23-2/h17-18H,3-16H2,1-2H3. The smallest absolute Gasteiger partial charge is 0.309 e. The van der Waals surface area contributed by atoms with Crippen LogP contribution in [0.4, 0.5) is 0 Å². The van der Waals surface area contributed by atoms with Gasteiger partial charge < -0.3 is 14.2 Å². The molecule has 1 aliphatic carbocycles. The largest absolute Gasteiger partial charge is 0.465 e. The number of hydrogen-bond acceptors (Lipinski definition) is 5. The Hall–Kier alpha value is -1.10. The van der Waals surface area contributed by atoms with Gasteiger partial charge in [-0.1, -0.05) is 58.3 Å². The van der Waals surface area contributed by atoms with E-state index in [0.717, 1.165) is 32.1 Å². The van der Waals surface area contributed by atoms with E-state index in [1.165, 1.54) is 32.1 Å². The highest BCUT2D eigenvalue weighted by Crippen LogP contribution is 2.32. The summed E-state index contributed by atoms with van der Waals surface area (Å²) in [5, 5.41) is 0. The third kappa shape index (κ3) is 9.24. The van der Waals surface area contributed by atoms with Crippen molar-refractivity contribution in [1.29, 1.82) is 0 Å². The summed E-state index contributed by atoms with van der Waals surface area (Å²) >= 11 is 0. The molecular weight excluding hydrogens is 320 g/mol. The van der Waals surface area contributed by atoms with E-state index in [1.54, 1.807) is 7.11 Å². The fraction of sp³-hybridized carbons (Fsp3) is 0.900. The van der Waals surface area contributed by atoms with Crippen LogP contribution in [0.3, 0.4) is 0 Å². The quantitative estimate of drug-likeness (QED) is 0.364. The molecule has 0 bridgehead atoms. The average Bonchev–Trinajstić information content (AvgIpc) is 2.64. The second-order valence-corrected chi connectivity index (χ2v) is 6.95. The minimum absolute atomic E-state index is 0.223. The normalized spacial score (nSPS) is 20.2. The molecule has 0 aromatic rings. The third-order valence-electron chi connectivity index (χ3n) is 4.90. The van der Waals surface area contributed by atoms with Crippen molar-refractivity contribution < 1.29 is 23.8 Å². The maximum absolute atomic E-state index is 12.4.